The van der Waals surface area contributed by atoms with E-state index >= 15 is 0 Å². The molecule has 0 bridgehead atoms. The van der Waals surface area contributed by atoms with Gasteiger partial charge in [-0.1, -0.05) is 24.3 Å². The Morgan fingerprint density at radius 1 is 1.25 bits per heavy atom. The van der Waals surface area contributed by atoms with E-state index in [-0.39, 0.29) is 5.91 Å². The molecule has 3 aromatic rings. The molecule has 0 unspecified atom stereocenters. The van der Waals surface area contributed by atoms with E-state index in [1.54, 1.807) is 18.9 Å². The Labute approximate surface area is 141 Å². The van der Waals surface area contributed by atoms with Crippen LogP contribution in [0, 0.1) is 13.8 Å². The van der Waals surface area contributed by atoms with Gasteiger partial charge in [0.25, 0.3) is 0 Å². The van der Waals surface area contributed by atoms with E-state index in [9.17, 15) is 4.79 Å². The number of anilines is 2. The first-order valence-corrected chi connectivity index (χ1v) is 7.98. The second-order valence-corrected chi connectivity index (χ2v) is 6.07. The van der Waals surface area contributed by atoms with Crippen molar-refractivity contribution in [3.05, 3.63) is 53.3 Å². The number of rotatable bonds is 4. The zero-order chi connectivity index (χ0) is 17.3. The maximum Gasteiger partial charge on any atom is 0.223 e. The van der Waals surface area contributed by atoms with E-state index in [0.29, 0.717) is 6.54 Å². The van der Waals surface area contributed by atoms with Crippen LogP contribution >= 0.6 is 0 Å². The average molecular weight is 322 g/mol. The molecule has 0 saturated heterocycles. The molecule has 0 fully saturated rings. The number of imidazole rings is 1. The average Bonchev–Trinajstić information content (AvgIpc) is 2.93. The molecule has 5 nitrogen and oxygen atoms in total. The fourth-order valence-electron chi connectivity index (χ4n) is 2.73. The lowest BCUT2D eigenvalue weighted by Crippen LogP contribution is -2.22. The Bertz CT molecular complexity index is 898. The predicted octanol–water partition coefficient (Wildman–Crippen LogP) is 3.77. The first kappa shape index (κ1) is 16.1. The van der Waals surface area contributed by atoms with Crippen molar-refractivity contribution in [3.8, 4) is 0 Å². The van der Waals surface area contributed by atoms with Crippen molar-refractivity contribution in [3.63, 3.8) is 0 Å². The SMILES string of the molecule is CC(=O)N(C)c1cc(NCc2ccccc2C)c2nc(C)[nH]c2c1. The normalized spacial score (nSPS) is 10.8. The zero-order valence-electron chi connectivity index (χ0n) is 14.5. The topological polar surface area (TPSA) is 61.0 Å². The molecule has 0 spiro atoms. The summed E-state index contributed by atoms with van der Waals surface area (Å²) in [6, 6.07) is 12.2. The van der Waals surface area contributed by atoms with Gasteiger partial charge in [-0.3, -0.25) is 4.79 Å². The molecule has 24 heavy (non-hydrogen) atoms. The molecule has 0 aliphatic heterocycles. The van der Waals surface area contributed by atoms with Gasteiger partial charge in [-0.2, -0.15) is 0 Å². The van der Waals surface area contributed by atoms with E-state index in [0.717, 1.165) is 28.2 Å². The van der Waals surface area contributed by atoms with Gasteiger partial charge >= 0.3 is 0 Å². The maximum absolute atomic E-state index is 11.7. The van der Waals surface area contributed by atoms with Crippen molar-refractivity contribution in [2.75, 3.05) is 17.3 Å². The van der Waals surface area contributed by atoms with Gasteiger partial charge in [0.15, 0.2) is 0 Å². The van der Waals surface area contributed by atoms with Gasteiger partial charge in [-0.15, -0.1) is 0 Å². The highest BCUT2D eigenvalue weighted by Crippen LogP contribution is 2.29. The van der Waals surface area contributed by atoms with Crippen molar-refractivity contribution in [2.45, 2.75) is 27.3 Å². The number of amides is 1. The van der Waals surface area contributed by atoms with E-state index in [1.807, 2.05) is 31.2 Å². The Kier molecular flexibility index (Phi) is 4.25. The van der Waals surface area contributed by atoms with Crippen LogP contribution in [0.1, 0.15) is 23.9 Å². The minimum atomic E-state index is -0.00422. The predicted molar refractivity (Wildman–Crippen MR) is 98.4 cm³/mol. The second kappa shape index (κ2) is 6.35. The second-order valence-electron chi connectivity index (χ2n) is 6.07. The maximum atomic E-state index is 11.7. The summed E-state index contributed by atoms with van der Waals surface area (Å²) in [5.74, 6) is 0.849. The first-order chi connectivity index (χ1) is 11.5. The summed E-state index contributed by atoms with van der Waals surface area (Å²) >= 11 is 0. The molecular formula is C19H22N4O. The zero-order valence-corrected chi connectivity index (χ0v) is 14.5. The van der Waals surface area contributed by atoms with Gasteiger partial charge in [0.2, 0.25) is 5.91 Å². The molecule has 0 atom stereocenters. The van der Waals surface area contributed by atoms with Crippen LogP contribution in [-0.4, -0.2) is 22.9 Å². The van der Waals surface area contributed by atoms with Crippen molar-refractivity contribution < 1.29 is 4.79 Å². The van der Waals surface area contributed by atoms with Crippen LogP contribution < -0.4 is 10.2 Å². The first-order valence-electron chi connectivity index (χ1n) is 7.98. The van der Waals surface area contributed by atoms with Crippen molar-refractivity contribution >= 4 is 28.3 Å². The van der Waals surface area contributed by atoms with Crippen LogP contribution in [0.15, 0.2) is 36.4 Å². The van der Waals surface area contributed by atoms with Crippen LogP contribution in [0.2, 0.25) is 0 Å². The van der Waals surface area contributed by atoms with Crippen LogP contribution in [0.4, 0.5) is 11.4 Å². The Hall–Kier alpha value is -2.82. The number of aryl methyl sites for hydroxylation is 2. The number of nitrogens with zero attached hydrogens (tertiary/aromatic N) is 2. The van der Waals surface area contributed by atoms with Crippen LogP contribution in [-0.2, 0) is 11.3 Å². The lowest BCUT2D eigenvalue weighted by atomic mass is 10.1. The summed E-state index contributed by atoms with van der Waals surface area (Å²) in [6.45, 7) is 6.30. The minimum absolute atomic E-state index is 0.00422. The fraction of sp³-hybridized carbons (Fsp3) is 0.263. The number of hydrogen-bond acceptors (Lipinski definition) is 3. The third-order valence-corrected chi connectivity index (χ3v) is 4.28. The van der Waals surface area contributed by atoms with Gasteiger partial charge < -0.3 is 15.2 Å². The summed E-state index contributed by atoms with van der Waals surface area (Å²) in [6.07, 6.45) is 0. The standard InChI is InChI=1S/C19H22N4O/c1-12-7-5-6-8-15(12)11-20-17-9-16(23(4)14(3)24)10-18-19(17)22-13(2)21-18/h5-10,20H,11H2,1-4H3,(H,21,22). The van der Waals surface area contributed by atoms with Crippen molar-refractivity contribution in [2.24, 2.45) is 0 Å². The smallest absolute Gasteiger partial charge is 0.223 e. The summed E-state index contributed by atoms with van der Waals surface area (Å²) in [5, 5.41) is 3.47. The number of aromatic nitrogens is 2. The largest absolute Gasteiger partial charge is 0.379 e. The summed E-state index contributed by atoms with van der Waals surface area (Å²) in [5.41, 5.74) is 6.06. The number of carbonyl (C=O) groups is 1. The van der Waals surface area contributed by atoms with Crippen LogP contribution in [0.5, 0.6) is 0 Å². The number of nitrogens with one attached hydrogen (secondary N) is 2. The molecule has 3 rings (SSSR count). The summed E-state index contributed by atoms with van der Waals surface area (Å²) in [7, 11) is 1.78. The highest BCUT2D eigenvalue weighted by atomic mass is 16.2. The lowest BCUT2D eigenvalue weighted by Gasteiger charge is -2.17. The molecule has 124 valence electrons. The number of carbonyl (C=O) groups excluding carboxylic acids is 1. The molecule has 2 aromatic carbocycles. The lowest BCUT2D eigenvalue weighted by molar-refractivity contribution is -0.116. The number of aromatic amines is 1. The molecule has 1 heterocycles. The van der Waals surface area contributed by atoms with Gasteiger partial charge in [-0.05, 0) is 37.1 Å². The summed E-state index contributed by atoms with van der Waals surface area (Å²) < 4.78 is 0. The number of H-pyrrole nitrogens is 1. The molecule has 0 aliphatic rings. The van der Waals surface area contributed by atoms with Crippen LogP contribution in [0.3, 0.4) is 0 Å². The third-order valence-electron chi connectivity index (χ3n) is 4.28. The quantitative estimate of drug-likeness (QED) is 0.768. The van der Waals surface area contributed by atoms with Gasteiger partial charge in [0.1, 0.15) is 11.3 Å². The number of hydrogen-bond donors (Lipinski definition) is 2. The third kappa shape index (κ3) is 3.11. The van der Waals surface area contributed by atoms with E-state index in [4.69, 9.17) is 0 Å². The van der Waals surface area contributed by atoms with E-state index < -0.39 is 0 Å². The molecule has 1 amide bonds. The highest BCUT2D eigenvalue weighted by molar-refractivity contribution is 5.97. The Balaban J connectivity index is 1.99. The van der Waals surface area contributed by atoms with Gasteiger partial charge in [0.05, 0.1) is 11.2 Å². The monoisotopic (exact) mass is 322 g/mol. The van der Waals surface area contributed by atoms with E-state index in [2.05, 4.69) is 34.3 Å². The van der Waals surface area contributed by atoms with Crippen molar-refractivity contribution in [1.29, 1.82) is 0 Å². The van der Waals surface area contributed by atoms with Gasteiger partial charge in [0, 0.05) is 26.2 Å². The Morgan fingerprint density at radius 3 is 2.71 bits per heavy atom. The molecule has 2 N–H and O–H groups in total. The summed E-state index contributed by atoms with van der Waals surface area (Å²) in [4.78, 5) is 21.2. The molecule has 1 aromatic heterocycles. The van der Waals surface area contributed by atoms with E-state index in [1.165, 1.54) is 11.1 Å². The number of benzene rings is 2. The van der Waals surface area contributed by atoms with Gasteiger partial charge in [-0.25, -0.2) is 4.98 Å². The highest BCUT2D eigenvalue weighted by Gasteiger charge is 2.13. The molecule has 0 radical (unpaired) electrons. The van der Waals surface area contributed by atoms with Crippen LogP contribution in [0.25, 0.3) is 11.0 Å². The minimum Gasteiger partial charge on any atom is -0.379 e. The molecular weight excluding hydrogens is 300 g/mol. The number of fused-ring (bicyclic) bond motifs is 1. The molecule has 0 saturated carbocycles. The fourth-order valence-corrected chi connectivity index (χ4v) is 2.73. The molecule has 5 heteroatoms. The Morgan fingerprint density at radius 2 is 2.00 bits per heavy atom. The molecule has 0 aliphatic carbocycles. The van der Waals surface area contributed by atoms with Crippen molar-refractivity contribution in [1.82, 2.24) is 9.97 Å².